The molecule has 1 unspecified atom stereocenters. The Balaban J connectivity index is 1.96. The van der Waals surface area contributed by atoms with E-state index in [1.807, 2.05) is 13.1 Å². The monoisotopic (exact) mass is 327 g/mol. The van der Waals surface area contributed by atoms with E-state index in [1.54, 1.807) is 6.07 Å². The zero-order valence-electron chi connectivity index (χ0n) is 11.6. The molecule has 0 spiro atoms. The average molecular weight is 328 g/mol. The molecule has 1 N–H and O–H groups in total. The van der Waals surface area contributed by atoms with Gasteiger partial charge in [-0.2, -0.15) is 0 Å². The highest BCUT2D eigenvalue weighted by Gasteiger charge is 2.19. The number of hydrogen-bond donors (Lipinski definition) is 1. The molecule has 19 heavy (non-hydrogen) atoms. The van der Waals surface area contributed by atoms with Crippen LogP contribution in [0.25, 0.3) is 0 Å². The predicted molar refractivity (Wildman–Crippen MR) is 81.8 cm³/mol. The van der Waals surface area contributed by atoms with Crippen molar-refractivity contribution >= 4 is 15.9 Å². The maximum absolute atomic E-state index is 13.5. The summed E-state index contributed by atoms with van der Waals surface area (Å²) in [7, 11) is 2.01. The fourth-order valence-electron chi connectivity index (χ4n) is 3.10. The van der Waals surface area contributed by atoms with Crippen molar-refractivity contribution in [1.82, 2.24) is 5.32 Å². The number of likely N-dealkylation sites (N-methyl/N-ethyl adjacent to an activating group) is 1. The van der Waals surface area contributed by atoms with Crippen molar-refractivity contribution in [3.63, 3.8) is 0 Å². The van der Waals surface area contributed by atoms with Crippen molar-refractivity contribution in [3.8, 4) is 0 Å². The van der Waals surface area contributed by atoms with Gasteiger partial charge in [-0.3, -0.25) is 0 Å². The van der Waals surface area contributed by atoms with E-state index < -0.39 is 0 Å². The minimum absolute atomic E-state index is 0.162. The van der Waals surface area contributed by atoms with Crippen LogP contribution in [0, 0.1) is 11.7 Å². The van der Waals surface area contributed by atoms with Gasteiger partial charge in [0, 0.05) is 6.04 Å². The lowest BCUT2D eigenvalue weighted by atomic mass is 9.83. The van der Waals surface area contributed by atoms with Crippen LogP contribution in [-0.4, -0.2) is 13.1 Å². The van der Waals surface area contributed by atoms with Gasteiger partial charge in [-0.15, -0.1) is 0 Å². The number of rotatable bonds is 5. The largest absolute Gasteiger partial charge is 0.317 e. The summed E-state index contributed by atoms with van der Waals surface area (Å²) in [5.74, 6) is 0.684. The second-order valence-corrected chi connectivity index (χ2v) is 6.44. The van der Waals surface area contributed by atoms with Gasteiger partial charge in [-0.25, -0.2) is 4.39 Å². The van der Waals surface area contributed by atoms with Crippen LogP contribution in [0.5, 0.6) is 0 Å². The zero-order valence-corrected chi connectivity index (χ0v) is 13.2. The fourth-order valence-corrected chi connectivity index (χ4v) is 3.53. The molecular formula is C16H23BrFN. The van der Waals surface area contributed by atoms with Gasteiger partial charge in [0.1, 0.15) is 5.82 Å². The van der Waals surface area contributed by atoms with Gasteiger partial charge < -0.3 is 5.32 Å². The molecule has 1 aliphatic rings. The van der Waals surface area contributed by atoms with Crippen LogP contribution in [0.2, 0.25) is 0 Å². The molecule has 0 aromatic heterocycles. The third-order valence-electron chi connectivity index (χ3n) is 4.25. The second kappa shape index (κ2) is 7.39. The van der Waals surface area contributed by atoms with Crippen LogP contribution in [0.4, 0.5) is 4.39 Å². The van der Waals surface area contributed by atoms with Gasteiger partial charge in [0.05, 0.1) is 4.47 Å². The molecule has 1 fully saturated rings. The van der Waals surface area contributed by atoms with Crippen LogP contribution in [0.3, 0.4) is 0 Å². The predicted octanol–water partition coefficient (Wildman–Crippen LogP) is 4.69. The molecule has 0 heterocycles. The lowest BCUT2D eigenvalue weighted by Gasteiger charge is -2.26. The summed E-state index contributed by atoms with van der Waals surface area (Å²) < 4.78 is 14.1. The van der Waals surface area contributed by atoms with Crippen molar-refractivity contribution in [2.24, 2.45) is 5.92 Å². The first-order valence-corrected chi connectivity index (χ1v) is 8.10. The maximum atomic E-state index is 13.5. The smallest absolute Gasteiger partial charge is 0.137 e. The average Bonchev–Trinajstić information content (AvgIpc) is 2.44. The standard InChI is InChI=1S/C16H23BrFN/c1-19-14(10-12-6-3-2-4-7-12)11-13-8-5-9-15(18)16(13)17/h5,8-9,12,14,19H,2-4,6-7,10-11H2,1H3. The van der Waals surface area contributed by atoms with Gasteiger partial charge >= 0.3 is 0 Å². The first-order valence-electron chi connectivity index (χ1n) is 7.31. The second-order valence-electron chi connectivity index (χ2n) is 5.64. The quantitative estimate of drug-likeness (QED) is 0.827. The van der Waals surface area contributed by atoms with Crippen LogP contribution in [0.1, 0.15) is 44.1 Å². The van der Waals surface area contributed by atoms with Gasteiger partial charge in [-0.05, 0) is 53.4 Å². The van der Waals surface area contributed by atoms with Crippen LogP contribution in [0.15, 0.2) is 22.7 Å². The molecule has 0 bridgehead atoms. The fraction of sp³-hybridized carbons (Fsp3) is 0.625. The van der Waals surface area contributed by atoms with E-state index in [0.717, 1.165) is 17.9 Å². The topological polar surface area (TPSA) is 12.0 Å². The van der Waals surface area contributed by atoms with Gasteiger partial charge in [0.25, 0.3) is 0 Å². The first kappa shape index (κ1) is 15.0. The van der Waals surface area contributed by atoms with E-state index >= 15 is 0 Å². The summed E-state index contributed by atoms with van der Waals surface area (Å²) in [5, 5.41) is 3.40. The van der Waals surface area contributed by atoms with Crippen molar-refractivity contribution in [3.05, 3.63) is 34.1 Å². The molecule has 2 rings (SSSR count). The minimum Gasteiger partial charge on any atom is -0.317 e. The molecule has 1 nitrogen and oxygen atoms in total. The van der Waals surface area contributed by atoms with Crippen molar-refractivity contribution < 1.29 is 4.39 Å². The highest BCUT2D eigenvalue weighted by atomic mass is 79.9. The highest BCUT2D eigenvalue weighted by Crippen LogP contribution is 2.29. The number of hydrogen-bond acceptors (Lipinski definition) is 1. The molecule has 0 saturated heterocycles. The minimum atomic E-state index is -0.162. The van der Waals surface area contributed by atoms with E-state index in [9.17, 15) is 4.39 Å². The SMILES string of the molecule is CNC(Cc1cccc(F)c1Br)CC1CCCCC1. The summed E-state index contributed by atoms with van der Waals surface area (Å²) in [6, 6.07) is 5.76. The lowest BCUT2D eigenvalue weighted by Crippen LogP contribution is -2.31. The van der Waals surface area contributed by atoms with E-state index in [-0.39, 0.29) is 5.82 Å². The Kier molecular flexibility index (Phi) is 5.83. The summed E-state index contributed by atoms with van der Waals surface area (Å²) in [5.41, 5.74) is 1.06. The van der Waals surface area contributed by atoms with Gasteiger partial charge in [0.2, 0.25) is 0 Å². The molecule has 0 aliphatic heterocycles. The van der Waals surface area contributed by atoms with Crippen LogP contribution >= 0.6 is 15.9 Å². The van der Waals surface area contributed by atoms with Gasteiger partial charge in [-0.1, -0.05) is 44.2 Å². The third-order valence-corrected chi connectivity index (χ3v) is 5.14. The number of halogens is 2. The normalized spacial score (nSPS) is 18.5. The summed E-state index contributed by atoms with van der Waals surface area (Å²) in [4.78, 5) is 0. The molecule has 1 aromatic carbocycles. The Morgan fingerprint density at radius 3 is 2.74 bits per heavy atom. The van der Waals surface area contributed by atoms with Crippen molar-refractivity contribution in [1.29, 1.82) is 0 Å². The lowest BCUT2D eigenvalue weighted by molar-refractivity contribution is 0.302. The summed E-state index contributed by atoms with van der Waals surface area (Å²) in [6.07, 6.45) is 8.99. The molecule has 1 atom stereocenters. The van der Waals surface area contributed by atoms with Crippen molar-refractivity contribution in [2.75, 3.05) is 7.05 Å². The first-order chi connectivity index (χ1) is 9.20. The molecule has 106 valence electrons. The molecule has 3 heteroatoms. The number of nitrogens with one attached hydrogen (secondary N) is 1. The molecule has 1 aromatic rings. The van der Waals surface area contributed by atoms with E-state index in [4.69, 9.17) is 0 Å². The Morgan fingerprint density at radius 2 is 2.05 bits per heavy atom. The summed E-state index contributed by atoms with van der Waals surface area (Å²) in [6.45, 7) is 0. The Morgan fingerprint density at radius 1 is 1.32 bits per heavy atom. The Hall–Kier alpha value is -0.410. The Bertz CT molecular complexity index is 402. The number of benzene rings is 1. The zero-order chi connectivity index (χ0) is 13.7. The maximum Gasteiger partial charge on any atom is 0.137 e. The van der Waals surface area contributed by atoms with Crippen molar-refractivity contribution in [2.45, 2.75) is 51.0 Å². The van der Waals surface area contributed by atoms with E-state index in [0.29, 0.717) is 10.5 Å². The summed E-state index contributed by atoms with van der Waals surface area (Å²) >= 11 is 3.36. The highest BCUT2D eigenvalue weighted by molar-refractivity contribution is 9.10. The molecular weight excluding hydrogens is 305 g/mol. The van der Waals surface area contributed by atoms with E-state index in [2.05, 4.69) is 21.2 Å². The van der Waals surface area contributed by atoms with Crippen LogP contribution in [-0.2, 0) is 6.42 Å². The molecule has 0 radical (unpaired) electrons. The van der Waals surface area contributed by atoms with Gasteiger partial charge in [0.15, 0.2) is 0 Å². The molecule has 1 saturated carbocycles. The van der Waals surface area contributed by atoms with Crippen LogP contribution < -0.4 is 5.32 Å². The third kappa shape index (κ3) is 4.28. The molecule has 0 amide bonds. The Labute approximate surface area is 124 Å². The molecule has 1 aliphatic carbocycles. The van der Waals surface area contributed by atoms with E-state index in [1.165, 1.54) is 44.6 Å².